The van der Waals surface area contributed by atoms with E-state index in [1.165, 1.54) is 0 Å². The maximum absolute atomic E-state index is 13.5. The molecule has 4 rings (SSSR count). The number of ether oxygens (including phenoxy) is 4. The standard InChI is InChI=1S/C35H37N3O6/c1-4-41-32-21-28(15-20-31(32)43-25(2)3)33(34(39)37-22-26-11-7-5-8-12-26)44-30-18-16-29(17-19-30)38(24-36)35(40)42-23-27-13-9-6-10-14-27/h5-21,24-25,33,36H,4,22-23H2,1-3H3,(H,37,39). The number of amides is 2. The number of carbonyl (C=O) groups excluding carboxylic acids is 2. The van der Waals surface area contributed by atoms with Gasteiger partial charge in [-0.2, -0.15) is 0 Å². The minimum absolute atomic E-state index is 0.0593. The van der Waals surface area contributed by atoms with E-state index >= 15 is 0 Å². The number of carbonyl (C=O) groups is 2. The lowest BCUT2D eigenvalue weighted by atomic mass is 10.1. The van der Waals surface area contributed by atoms with Crippen molar-refractivity contribution in [1.29, 1.82) is 5.41 Å². The van der Waals surface area contributed by atoms with Crippen molar-refractivity contribution >= 4 is 24.0 Å². The Hall–Kier alpha value is -5.31. The number of benzene rings is 4. The Bertz CT molecular complexity index is 1510. The van der Waals surface area contributed by atoms with Gasteiger partial charge in [0.1, 0.15) is 12.4 Å². The van der Waals surface area contributed by atoms with E-state index in [1.807, 2.05) is 81.4 Å². The van der Waals surface area contributed by atoms with E-state index in [9.17, 15) is 9.59 Å². The van der Waals surface area contributed by atoms with Crippen LogP contribution in [0.15, 0.2) is 103 Å². The van der Waals surface area contributed by atoms with Gasteiger partial charge in [-0.25, -0.2) is 9.69 Å². The lowest BCUT2D eigenvalue weighted by Gasteiger charge is -2.22. The molecule has 4 aromatic carbocycles. The fourth-order valence-corrected chi connectivity index (χ4v) is 4.30. The van der Waals surface area contributed by atoms with Crippen LogP contribution in [0.2, 0.25) is 0 Å². The first-order valence-electron chi connectivity index (χ1n) is 14.4. The minimum Gasteiger partial charge on any atom is -0.490 e. The third-order valence-corrected chi connectivity index (χ3v) is 6.38. The summed E-state index contributed by atoms with van der Waals surface area (Å²) in [7, 11) is 0. The van der Waals surface area contributed by atoms with Gasteiger partial charge in [0.2, 0.25) is 6.10 Å². The first-order valence-corrected chi connectivity index (χ1v) is 14.4. The molecule has 0 spiro atoms. The van der Waals surface area contributed by atoms with Gasteiger partial charge in [0.15, 0.2) is 11.5 Å². The van der Waals surface area contributed by atoms with E-state index in [0.29, 0.717) is 41.7 Å². The molecule has 9 heteroatoms. The van der Waals surface area contributed by atoms with Crippen LogP contribution < -0.4 is 24.4 Å². The number of anilines is 1. The molecule has 0 aliphatic carbocycles. The van der Waals surface area contributed by atoms with Crippen molar-refractivity contribution in [2.24, 2.45) is 0 Å². The van der Waals surface area contributed by atoms with Crippen LogP contribution >= 0.6 is 0 Å². The van der Waals surface area contributed by atoms with E-state index in [1.54, 1.807) is 42.5 Å². The molecule has 1 unspecified atom stereocenters. The predicted octanol–water partition coefficient (Wildman–Crippen LogP) is 7.06. The van der Waals surface area contributed by atoms with Crippen LogP contribution in [0.25, 0.3) is 0 Å². The van der Waals surface area contributed by atoms with E-state index < -0.39 is 12.2 Å². The number of nitrogens with one attached hydrogen (secondary N) is 2. The van der Waals surface area contributed by atoms with Crippen molar-refractivity contribution in [1.82, 2.24) is 5.32 Å². The minimum atomic E-state index is -1.02. The molecular formula is C35H37N3O6. The molecule has 0 fully saturated rings. The highest BCUT2D eigenvalue weighted by Gasteiger charge is 2.25. The third kappa shape index (κ3) is 8.84. The lowest BCUT2D eigenvalue weighted by Crippen LogP contribution is -2.32. The molecule has 9 nitrogen and oxygen atoms in total. The Labute approximate surface area is 257 Å². The molecule has 0 aliphatic heterocycles. The second-order valence-electron chi connectivity index (χ2n) is 10.0. The van der Waals surface area contributed by atoms with Gasteiger partial charge in [-0.1, -0.05) is 66.7 Å². The molecule has 0 saturated heterocycles. The molecule has 2 amide bonds. The number of hydrogen-bond donors (Lipinski definition) is 2. The van der Waals surface area contributed by atoms with Gasteiger partial charge in [-0.3, -0.25) is 10.2 Å². The summed E-state index contributed by atoms with van der Waals surface area (Å²) in [6, 6.07) is 30.7. The summed E-state index contributed by atoms with van der Waals surface area (Å²) >= 11 is 0. The fraction of sp³-hybridized carbons (Fsp3) is 0.229. The van der Waals surface area contributed by atoms with E-state index in [4.69, 9.17) is 24.4 Å². The van der Waals surface area contributed by atoms with Crippen molar-refractivity contribution in [3.05, 3.63) is 120 Å². The molecule has 0 aromatic heterocycles. The topological polar surface area (TPSA) is 110 Å². The Morgan fingerprint density at radius 2 is 1.50 bits per heavy atom. The zero-order valence-corrected chi connectivity index (χ0v) is 25.1. The molecule has 0 bridgehead atoms. The van der Waals surface area contributed by atoms with Gasteiger partial charge in [0.25, 0.3) is 5.91 Å². The van der Waals surface area contributed by atoms with Gasteiger partial charge in [-0.05, 0) is 68.3 Å². The van der Waals surface area contributed by atoms with Crippen LogP contribution in [-0.2, 0) is 22.7 Å². The molecule has 1 atom stereocenters. The second-order valence-corrected chi connectivity index (χ2v) is 10.0. The Morgan fingerprint density at radius 3 is 2.11 bits per heavy atom. The van der Waals surface area contributed by atoms with Crippen LogP contribution in [-0.4, -0.2) is 31.0 Å². The second kappa shape index (κ2) is 15.8. The highest BCUT2D eigenvalue weighted by Crippen LogP contribution is 2.34. The summed E-state index contributed by atoms with van der Waals surface area (Å²) in [6.45, 7) is 6.56. The van der Waals surface area contributed by atoms with Crippen molar-refractivity contribution in [3.8, 4) is 17.2 Å². The first kappa shape index (κ1) is 31.6. The zero-order chi connectivity index (χ0) is 31.3. The zero-order valence-electron chi connectivity index (χ0n) is 25.1. The quantitative estimate of drug-likeness (QED) is 0.119. The van der Waals surface area contributed by atoms with Gasteiger partial charge >= 0.3 is 6.09 Å². The maximum atomic E-state index is 13.5. The normalized spacial score (nSPS) is 11.3. The predicted molar refractivity (Wildman–Crippen MR) is 169 cm³/mol. The average molecular weight is 596 g/mol. The molecule has 44 heavy (non-hydrogen) atoms. The first-order chi connectivity index (χ1) is 21.4. The summed E-state index contributed by atoms with van der Waals surface area (Å²) < 4.78 is 23.3. The van der Waals surface area contributed by atoms with Crippen LogP contribution in [0, 0.1) is 5.41 Å². The highest BCUT2D eigenvalue weighted by molar-refractivity contribution is 6.04. The van der Waals surface area contributed by atoms with Crippen molar-refractivity contribution < 1.29 is 28.5 Å². The molecule has 0 aliphatic rings. The number of rotatable bonds is 14. The van der Waals surface area contributed by atoms with Crippen LogP contribution in [0.4, 0.5) is 10.5 Å². The Morgan fingerprint density at radius 1 is 0.841 bits per heavy atom. The largest absolute Gasteiger partial charge is 0.490 e. The van der Waals surface area contributed by atoms with Crippen LogP contribution in [0.5, 0.6) is 17.2 Å². The SMILES string of the molecule is CCOc1cc(C(Oc2ccc(N(C=N)C(=O)OCc3ccccc3)cc2)C(=O)NCc2ccccc2)ccc1OC(C)C. The summed E-state index contributed by atoms with van der Waals surface area (Å²) in [4.78, 5) is 27.3. The molecule has 4 aromatic rings. The molecule has 228 valence electrons. The van der Waals surface area contributed by atoms with Crippen molar-refractivity contribution in [2.45, 2.75) is 46.1 Å². The molecule has 0 heterocycles. The fourth-order valence-electron chi connectivity index (χ4n) is 4.30. The average Bonchev–Trinajstić information content (AvgIpc) is 3.04. The van der Waals surface area contributed by atoms with Gasteiger partial charge in [0, 0.05) is 12.1 Å². The van der Waals surface area contributed by atoms with E-state index in [0.717, 1.165) is 22.4 Å². The molecule has 2 N–H and O–H groups in total. The summed E-state index contributed by atoms with van der Waals surface area (Å²) in [5, 5.41) is 10.7. The van der Waals surface area contributed by atoms with Crippen molar-refractivity contribution in [3.63, 3.8) is 0 Å². The summed E-state index contributed by atoms with van der Waals surface area (Å²) in [5.74, 6) is 1.12. The van der Waals surface area contributed by atoms with Gasteiger partial charge in [-0.15, -0.1) is 0 Å². The monoisotopic (exact) mass is 595 g/mol. The molecular weight excluding hydrogens is 558 g/mol. The molecule has 0 saturated carbocycles. The smallest absolute Gasteiger partial charge is 0.420 e. The van der Waals surface area contributed by atoms with Gasteiger partial charge < -0.3 is 24.3 Å². The number of nitrogens with zero attached hydrogens (tertiary/aromatic N) is 1. The summed E-state index contributed by atoms with van der Waals surface area (Å²) in [6.07, 6.45) is -0.885. The molecule has 0 radical (unpaired) electrons. The maximum Gasteiger partial charge on any atom is 0.420 e. The number of hydrogen-bond acceptors (Lipinski definition) is 7. The Kier molecular flexibility index (Phi) is 11.3. The highest BCUT2D eigenvalue weighted by atomic mass is 16.6. The van der Waals surface area contributed by atoms with Crippen molar-refractivity contribution in [2.75, 3.05) is 11.5 Å². The van der Waals surface area contributed by atoms with E-state index in [-0.39, 0.29) is 18.6 Å². The summed E-state index contributed by atoms with van der Waals surface area (Å²) in [5.41, 5.74) is 2.77. The van der Waals surface area contributed by atoms with Crippen LogP contribution in [0.3, 0.4) is 0 Å². The van der Waals surface area contributed by atoms with Crippen LogP contribution in [0.1, 0.15) is 43.6 Å². The van der Waals surface area contributed by atoms with Gasteiger partial charge in [0.05, 0.1) is 24.7 Å². The lowest BCUT2D eigenvalue weighted by molar-refractivity contribution is -0.128. The Balaban J connectivity index is 1.54. The van der Waals surface area contributed by atoms with E-state index in [2.05, 4.69) is 5.32 Å². The third-order valence-electron chi connectivity index (χ3n) is 6.38.